The van der Waals surface area contributed by atoms with E-state index in [2.05, 4.69) is 33.6 Å². The fourth-order valence-corrected chi connectivity index (χ4v) is 3.47. The maximum atomic E-state index is 9.52. The maximum Gasteiger partial charge on any atom is 0.176 e. The van der Waals surface area contributed by atoms with Crippen LogP contribution in [-0.2, 0) is 6.54 Å². The summed E-state index contributed by atoms with van der Waals surface area (Å²) in [6, 6.07) is 21.7. The number of amidine groups is 1. The van der Waals surface area contributed by atoms with E-state index in [1.54, 1.807) is 0 Å². The van der Waals surface area contributed by atoms with E-state index in [1.165, 1.54) is 0 Å². The Morgan fingerprint density at radius 1 is 0.964 bits per heavy atom. The second kappa shape index (κ2) is 7.00. The number of hydrogen-bond donors (Lipinski definition) is 3. The Morgan fingerprint density at radius 3 is 2.36 bits per heavy atom. The zero-order valence-electron chi connectivity index (χ0n) is 15.1. The summed E-state index contributed by atoms with van der Waals surface area (Å²) in [5.41, 5.74) is 4.66. The van der Waals surface area contributed by atoms with Crippen LogP contribution in [0.4, 0.5) is 0 Å². The third-order valence-electron chi connectivity index (χ3n) is 4.83. The molecule has 4 aromatic rings. The number of aliphatic hydroxyl groups is 1. The number of aliphatic hydroxyl groups excluding tert-OH is 1. The molecule has 138 valence electrons. The number of aromatic nitrogens is 1. The van der Waals surface area contributed by atoms with E-state index in [9.17, 15) is 5.11 Å². The fourth-order valence-electron chi connectivity index (χ4n) is 3.47. The molecule has 0 unspecified atom stereocenters. The highest BCUT2D eigenvalue weighted by Gasteiger charge is 2.12. The van der Waals surface area contributed by atoms with Crippen molar-refractivity contribution in [2.45, 2.75) is 6.54 Å². The Kier molecular flexibility index (Phi) is 4.37. The first-order chi connectivity index (χ1) is 13.6. The summed E-state index contributed by atoms with van der Waals surface area (Å²) in [5.74, 6) is 5.17. The van der Waals surface area contributed by atoms with Crippen LogP contribution in [0, 0.1) is 5.41 Å². The molecule has 6 heteroatoms. The summed E-state index contributed by atoms with van der Waals surface area (Å²) in [7, 11) is 0. The largest absolute Gasteiger partial charge is 0.508 e. The van der Waals surface area contributed by atoms with Gasteiger partial charge in [0.25, 0.3) is 0 Å². The molecule has 4 rings (SSSR count). The normalized spacial score (nSPS) is 11.4. The highest BCUT2D eigenvalue weighted by atomic mass is 16.3. The van der Waals surface area contributed by atoms with E-state index in [4.69, 9.17) is 11.3 Å². The van der Waals surface area contributed by atoms with E-state index in [0.29, 0.717) is 17.7 Å². The summed E-state index contributed by atoms with van der Waals surface area (Å²) in [4.78, 5) is 0. The van der Waals surface area contributed by atoms with Gasteiger partial charge in [-0.05, 0) is 29.8 Å². The zero-order valence-corrected chi connectivity index (χ0v) is 15.1. The summed E-state index contributed by atoms with van der Waals surface area (Å²) < 4.78 is 2.24. The van der Waals surface area contributed by atoms with Crippen molar-refractivity contribution in [3.05, 3.63) is 90.0 Å². The molecule has 0 atom stereocenters. The Labute approximate surface area is 161 Å². The minimum atomic E-state index is 0.0288. The van der Waals surface area contributed by atoms with Crippen LogP contribution in [-0.4, -0.2) is 15.5 Å². The molecule has 0 spiro atoms. The summed E-state index contributed by atoms with van der Waals surface area (Å²) in [5, 5.41) is 26.5. The number of rotatable bonds is 4. The van der Waals surface area contributed by atoms with Gasteiger partial charge in [-0.3, -0.25) is 5.41 Å². The Hall–Kier alpha value is -3.93. The molecule has 28 heavy (non-hydrogen) atoms. The highest BCUT2D eigenvalue weighted by Crippen LogP contribution is 2.30. The highest BCUT2D eigenvalue weighted by molar-refractivity contribution is 6.11. The van der Waals surface area contributed by atoms with Crippen LogP contribution >= 0.6 is 0 Å². The summed E-state index contributed by atoms with van der Waals surface area (Å²) in [6.07, 6.45) is 0. The predicted molar refractivity (Wildman–Crippen MR) is 113 cm³/mol. The van der Waals surface area contributed by atoms with Crippen molar-refractivity contribution in [2.24, 2.45) is 16.2 Å². The van der Waals surface area contributed by atoms with Crippen molar-refractivity contribution in [3.63, 3.8) is 0 Å². The van der Waals surface area contributed by atoms with Crippen LogP contribution in [0.1, 0.15) is 16.7 Å². The van der Waals surface area contributed by atoms with Crippen LogP contribution in [0.25, 0.3) is 27.6 Å². The number of fused-ring (bicyclic) bond motifs is 3. The molecular weight excluding hydrogens is 350 g/mol. The minimum absolute atomic E-state index is 0.0288. The summed E-state index contributed by atoms with van der Waals surface area (Å²) in [6.45, 7) is 4.24. The van der Waals surface area contributed by atoms with Crippen molar-refractivity contribution in [2.75, 3.05) is 0 Å². The van der Waals surface area contributed by atoms with Gasteiger partial charge in [0, 0.05) is 39.5 Å². The van der Waals surface area contributed by atoms with Gasteiger partial charge in [-0.15, -0.1) is 5.11 Å². The van der Waals surface area contributed by atoms with Crippen LogP contribution in [0.2, 0.25) is 0 Å². The lowest BCUT2D eigenvalue weighted by molar-refractivity contribution is 0.514. The second-order valence-corrected chi connectivity index (χ2v) is 6.54. The molecule has 6 nitrogen and oxygen atoms in total. The third kappa shape index (κ3) is 3.01. The van der Waals surface area contributed by atoms with E-state index < -0.39 is 0 Å². The van der Waals surface area contributed by atoms with Gasteiger partial charge in [0.1, 0.15) is 5.76 Å². The number of para-hydroxylation sites is 1. The Bertz CT molecular complexity index is 1240. The molecule has 3 aromatic carbocycles. The molecular formula is C22H19N5O. The van der Waals surface area contributed by atoms with Crippen molar-refractivity contribution in [1.29, 1.82) is 5.41 Å². The van der Waals surface area contributed by atoms with Crippen molar-refractivity contribution < 1.29 is 5.11 Å². The van der Waals surface area contributed by atoms with Crippen LogP contribution < -0.4 is 5.84 Å². The smallest absolute Gasteiger partial charge is 0.176 e. The van der Waals surface area contributed by atoms with E-state index in [1.807, 2.05) is 54.6 Å². The monoisotopic (exact) mass is 369 g/mol. The molecule has 0 amide bonds. The fraction of sp³-hybridized carbons (Fsp3) is 0.0455. The van der Waals surface area contributed by atoms with Crippen molar-refractivity contribution in [1.82, 2.24) is 4.57 Å². The zero-order chi connectivity index (χ0) is 19.7. The Balaban J connectivity index is 1.85. The van der Waals surface area contributed by atoms with Crippen LogP contribution in [0.15, 0.2) is 83.6 Å². The molecule has 4 N–H and O–H groups in total. The minimum Gasteiger partial charge on any atom is -0.508 e. The number of nitrogens with zero attached hydrogens (tertiary/aromatic N) is 3. The van der Waals surface area contributed by atoms with E-state index in [0.717, 1.165) is 27.4 Å². The molecule has 0 aliphatic rings. The Morgan fingerprint density at radius 2 is 1.64 bits per heavy atom. The van der Waals surface area contributed by atoms with Gasteiger partial charge in [0.15, 0.2) is 5.84 Å². The van der Waals surface area contributed by atoms with Gasteiger partial charge in [0.2, 0.25) is 0 Å². The number of benzene rings is 3. The van der Waals surface area contributed by atoms with Crippen molar-refractivity contribution in [3.8, 4) is 0 Å². The molecule has 1 heterocycles. The van der Waals surface area contributed by atoms with Crippen LogP contribution in [0.5, 0.6) is 0 Å². The maximum absolute atomic E-state index is 9.52. The summed E-state index contributed by atoms with van der Waals surface area (Å²) >= 11 is 0. The SMILES string of the molecule is C=C(O)c1ccc(Cn2c3ccccc3c3cc(C(=N)N=NN)ccc32)cc1. The molecule has 0 radical (unpaired) electrons. The first-order valence-electron chi connectivity index (χ1n) is 8.76. The molecule has 0 aliphatic heterocycles. The quantitative estimate of drug-likeness (QED) is 0.117. The third-order valence-corrected chi connectivity index (χ3v) is 4.83. The lowest BCUT2D eigenvalue weighted by Gasteiger charge is -2.09. The molecule has 0 saturated heterocycles. The van der Waals surface area contributed by atoms with Gasteiger partial charge >= 0.3 is 0 Å². The standard InChI is InChI=1S/C22H19N5O/c1-14(28)16-8-6-15(7-9-16)13-27-20-5-3-2-4-18(20)19-12-17(10-11-21(19)27)22(23)25-26-24/h2-12,28H,1,13H2,(H3,23,24,25). The average Bonchev–Trinajstić information content (AvgIpc) is 3.02. The lowest BCUT2D eigenvalue weighted by Crippen LogP contribution is -2.00. The van der Waals surface area contributed by atoms with E-state index in [-0.39, 0.29) is 11.6 Å². The van der Waals surface area contributed by atoms with Gasteiger partial charge < -0.3 is 15.5 Å². The number of hydrogen-bond acceptors (Lipinski definition) is 3. The van der Waals surface area contributed by atoms with Gasteiger partial charge in [-0.25, -0.2) is 0 Å². The van der Waals surface area contributed by atoms with Gasteiger partial charge in [-0.1, -0.05) is 54.3 Å². The lowest BCUT2D eigenvalue weighted by atomic mass is 10.1. The topological polar surface area (TPSA) is 99.8 Å². The van der Waals surface area contributed by atoms with Crippen molar-refractivity contribution >= 4 is 33.4 Å². The molecule has 0 fully saturated rings. The molecule has 0 aliphatic carbocycles. The van der Waals surface area contributed by atoms with E-state index >= 15 is 0 Å². The second-order valence-electron chi connectivity index (χ2n) is 6.54. The predicted octanol–water partition coefficient (Wildman–Crippen LogP) is 5.02. The van der Waals surface area contributed by atoms with Gasteiger partial charge in [-0.2, -0.15) is 0 Å². The van der Waals surface area contributed by atoms with Crippen LogP contribution in [0.3, 0.4) is 0 Å². The molecule has 0 bridgehead atoms. The average molecular weight is 369 g/mol. The first kappa shape index (κ1) is 17.5. The first-order valence-corrected chi connectivity index (χ1v) is 8.76. The number of nitrogens with two attached hydrogens (primary N) is 1. The number of nitrogens with one attached hydrogen (secondary N) is 1. The van der Waals surface area contributed by atoms with Gasteiger partial charge in [0.05, 0.1) is 0 Å². The molecule has 0 saturated carbocycles. The molecule has 1 aromatic heterocycles.